The van der Waals surface area contributed by atoms with Crippen LogP contribution in [-0.4, -0.2) is 89.7 Å². The molecular weight excluding hydrogens is 596 g/mol. The summed E-state index contributed by atoms with van der Waals surface area (Å²) in [7, 11) is 0. The fourth-order valence-corrected chi connectivity index (χ4v) is 5.98. The van der Waals surface area contributed by atoms with Crippen molar-refractivity contribution >= 4 is 22.7 Å². The van der Waals surface area contributed by atoms with E-state index in [2.05, 4.69) is 47.3 Å². The molecule has 0 aliphatic carbocycles. The summed E-state index contributed by atoms with van der Waals surface area (Å²) in [5, 5.41) is 6.76. The van der Waals surface area contributed by atoms with E-state index < -0.39 is 0 Å². The topological polar surface area (TPSA) is 135 Å². The van der Waals surface area contributed by atoms with Crippen molar-refractivity contribution in [1.82, 2.24) is 48.5 Å². The van der Waals surface area contributed by atoms with Crippen LogP contribution in [0, 0.1) is 13.8 Å². The second-order valence-corrected chi connectivity index (χ2v) is 12.0. The van der Waals surface area contributed by atoms with Gasteiger partial charge in [-0.15, -0.1) is 0 Å². The minimum atomic E-state index is -0.0913. The monoisotopic (exact) mass is 634 g/mol. The minimum absolute atomic E-state index is 0.0895. The lowest BCUT2D eigenvalue weighted by Gasteiger charge is -2.33. The van der Waals surface area contributed by atoms with E-state index >= 15 is 0 Å². The third kappa shape index (κ3) is 6.50. The third-order valence-corrected chi connectivity index (χ3v) is 8.43. The summed E-state index contributed by atoms with van der Waals surface area (Å²) in [6.07, 6.45) is 10.8. The molecule has 242 valence electrons. The van der Waals surface area contributed by atoms with Gasteiger partial charge in [-0.05, 0) is 45.0 Å². The number of aryl methyl sites for hydroxylation is 2. The van der Waals surface area contributed by atoms with Crippen molar-refractivity contribution in [3.63, 3.8) is 0 Å². The van der Waals surface area contributed by atoms with Gasteiger partial charge < -0.3 is 20.4 Å². The molecular formula is C33H38N12O2. The summed E-state index contributed by atoms with van der Waals surface area (Å²) >= 11 is 0. The number of anilines is 2. The zero-order chi connectivity index (χ0) is 32.5. The predicted molar refractivity (Wildman–Crippen MR) is 181 cm³/mol. The number of imidazole rings is 2. The van der Waals surface area contributed by atoms with Gasteiger partial charge in [0.25, 0.3) is 11.1 Å². The summed E-state index contributed by atoms with van der Waals surface area (Å²) < 4.78 is 6.74. The molecule has 0 unspecified atom stereocenters. The maximum absolute atomic E-state index is 12.5. The van der Waals surface area contributed by atoms with E-state index in [0.717, 1.165) is 68.6 Å². The number of nitrogens with one attached hydrogen (secondary N) is 2. The quantitative estimate of drug-likeness (QED) is 0.294. The van der Waals surface area contributed by atoms with Crippen LogP contribution in [0.1, 0.15) is 18.3 Å². The molecule has 1 atom stereocenters. The van der Waals surface area contributed by atoms with Gasteiger partial charge in [0, 0.05) is 88.8 Å². The minimum Gasteiger partial charge on any atom is -0.368 e. The van der Waals surface area contributed by atoms with Crippen molar-refractivity contribution in [3.8, 4) is 11.6 Å². The van der Waals surface area contributed by atoms with Crippen molar-refractivity contribution in [2.75, 3.05) is 55.6 Å². The first-order valence-electron chi connectivity index (χ1n) is 15.8. The highest BCUT2D eigenvalue weighted by atomic mass is 16.1. The van der Waals surface area contributed by atoms with Crippen LogP contribution in [0.3, 0.4) is 0 Å². The Kier molecular flexibility index (Phi) is 8.26. The van der Waals surface area contributed by atoms with E-state index in [4.69, 9.17) is 0 Å². The fourth-order valence-electron chi connectivity index (χ4n) is 5.98. The lowest BCUT2D eigenvalue weighted by atomic mass is 10.2. The number of rotatable bonds is 4. The van der Waals surface area contributed by atoms with Crippen molar-refractivity contribution in [2.45, 2.75) is 26.8 Å². The lowest BCUT2D eigenvalue weighted by Crippen LogP contribution is -2.49. The molecule has 2 fully saturated rings. The number of pyridine rings is 2. The van der Waals surface area contributed by atoms with E-state index in [1.807, 2.05) is 62.9 Å². The zero-order valence-corrected chi connectivity index (χ0v) is 26.7. The van der Waals surface area contributed by atoms with Crippen LogP contribution in [0.15, 0.2) is 83.4 Å². The molecule has 2 saturated heterocycles. The molecule has 0 amide bonds. The van der Waals surface area contributed by atoms with E-state index in [1.165, 1.54) is 12.1 Å². The van der Waals surface area contributed by atoms with Gasteiger partial charge in [0.1, 0.15) is 35.6 Å². The number of piperazine rings is 2. The molecule has 0 spiro atoms. The van der Waals surface area contributed by atoms with Gasteiger partial charge in [0.2, 0.25) is 0 Å². The van der Waals surface area contributed by atoms with E-state index in [1.54, 1.807) is 30.6 Å². The Morgan fingerprint density at radius 1 is 0.681 bits per heavy atom. The average Bonchev–Trinajstić information content (AvgIpc) is 3.73. The highest BCUT2D eigenvalue weighted by Crippen LogP contribution is 2.18. The van der Waals surface area contributed by atoms with Crippen LogP contribution in [0.4, 0.5) is 11.4 Å². The molecule has 0 bridgehead atoms. The highest BCUT2D eigenvalue weighted by Gasteiger charge is 2.17. The molecule has 14 nitrogen and oxygen atoms in total. The largest absolute Gasteiger partial charge is 0.368 e. The van der Waals surface area contributed by atoms with Gasteiger partial charge in [0.15, 0.2) is 0 Å². The lowest BCUT2D eigenvalue weighted by molar-refractivity contribution is 0.484. The van der Waals surface area contributed by atoms with Crippen LogP contribution in [-0.2, 0) is 0 Å². The Bertz CT molecular complexity index is 2160. The molecule has 2 aliphatic heterocycles. The molecule has 47 heavy (non-hydrogen) atoms. The van der Waals surface area contributed by atoms with Crippen LogP contribution in [0.5, 0.6) is 0 Å². The number of nitrogens with zero attached hydrogens (tertiary/aromatic N) is 10. The predicted octanol–water partition coefficient (Wildman–Crippen LogP) is 1.58. The zero-order valence-electron chi connectivity index (χ0n) is 26.7. The molecule has 8 heterocycles. The maximum atomic E-state index is 12.5. The highest BCUT2D eigenvalue weighted by molar-refractivity contribution is 5.54. The van der Waals surface area contributed by atoms with Crippen molar-refractivity contribution in [2.24, 2.45) is 0 Å². The van der Waals surface area contributed by atoms with Gasteiger partial charge in [0.05, 0.1) is 22.8 Å². The molecule has 6 aromatic rings. The first-order chi connectivity index (χ1) is 22.8. The van der Waals surface area contributed by atoms with E-state index in [0.29, 0.717) is 29.0 Å². The Morgan fingerprint density at radius 2 is 1.19 bits per heavy atom. The van der Waals surface area contributed by atoms with Gasteiger partial charge >= 0.3 is 0 Å². The molecule has 0 radical (unpaired) electrons. The van der Waals surface area contributed by atoms with E-state index in [9.17, 15) is 9.59 Å². The van der Waals surface area contributed by atoms with Crippen LogP contribution < -0.4 is 31.6 Å². The first-order valence-corrected chi connectivity index (χ1v) is 15.8. The molecule has 0 saturated carbocycles. The Balaban J connectivity index is 0.000000150. The number of aromatic nitrogens is 8. The first kappa shape index (κ1) is 30.3. The summed E-state index contributed by atoms with van der Waals surface area (Å²) in [5.74, 6) is 1.18. The summed E-state index contributed by atoms with van der Waals surface area (Å²) in [6, 6.07) is 11.4. The normalized spacial score (nSPS) is 16.8. The Labute approximate surface area is 271 Å². The summed E-state index contributed by atoms with van der Waals surface area (Å²) in [4.78, 5) is 47.1. The molecule has 2 aliphatic rings. The SMILES string of the molecule is Cc1cn(-c2cc(=O)n3cc(N4CCNCC4)ccc3n2)cn1.Cc1cn(-c2cc(=O)n3cc(N4CCN[C@@H](C)C4)ccc3n2)cn1. The smallest absolute Gasteiger partial charge is 0.260 e. The summed E-state index contributed by atoms with van der Waals surface area (Å²) in [6.45, 7) is 12.6. The Hall–Kier alpha value is -5.34. The molecule has 14 heteroatoms. The number of hydrogen-bond donors (Lipinski definition) is 2. The second kappa shape index (κ2) is 12.8. The van der Waals surface area contributed by atoms with E-state index in [-0.39, 0.29) is 11.1 Å². The molecule has 2 N–H and O–H groups in total. The summed E-state index contributed by atoms with van der Waals surface area (Å²) in [5.41, 5.74) is 4.97. The van der Waals surface area contributed by atoms with Gasteiger partial charge in [-0.1, -0.05) is 0 Å². The number of hydrogen-bond acceptors (Lipinski definition) is 10. The Morgan fingerprint density at radius 3 is 1.68 bits per heavy atom. The fraction of sp³-hybridized carbons (Fsp3) is 0.333. The van der Waals surface area contributed by atoms with Crippen LogP contribution in [0.25, 0.3) is 22.9 Å². The molecule has 6 aromatic heterocycles. The van der Waals surface area contributed by atoms with Crippen molar-refractivity contribution < 1.29 is 0 Å². The average molecular weight is 635 g/mol. The van der Waals surface area contributed by atoms with Gasteiger partial charge in [-0.3, -0.25) is 27.5 Å². The van der Waals surface area contributed by atoms with Crippen molar-refractivity contribution in [1.29, 1.82) is 0 Å². The number of fused-ring (bicyclic) bond motifs is 2. The molecule has 0 aromatic carbocycles. The van der Waals surface area contributed by atoms with Crippen LogP contribution in [0.2, 0.25) is 0 Å². The third-order valence-electron chi connectivity index (χ3n) is 8.43. The standard InChI is InChI=1S/C17H20N6O.C16H18N6O/c1-12-8-21(6-5-18-12)14-3-4-15-20-16(7-17(24)23(15)10-14)22-9-13(2)19-11-22;1-12-9-21(11-18-12)15-8-16(23)22-10-13(2-3-14(22)19-15)20-6-4-17-5-7-20/h3-4,7,9-12,18H,5-6,8H2,1-2H3;2-3,8-11,17H,4-7H2,1H3/t12-;/m0./s1. The second-order valence-electron chi connectivity index (χ2n) is 12.0. The molecule has 8 rings (SSSR count). The van der Waals surface area contributed by atoms with Crippen LogP contribution >= 0.6 is 0 Å². The maximum Gasteiger partial charge on any atom is 0.260 e. The van der Waals surface area contributed by atoms with Crippen molar-refractivity contribution in [3.05, 3.63) is 106 Å². The van der Waals surface area contributed by atoms with Gasteiger partial charge in [-0.25, -0.2) is 19.9 Å². The van der Waals surface area contributed by atoms with Gasteiger partial charge in [-0.2, -0.15) is 0 Å².